The summed E-state index contributed by atoms with van der Waals surface area (Å²) >= 11 is 3.35. The Morgan fingerprint density at radius 3 is 2.55 bits per heavy atom. The summed E-state index contributed by atoms with van der Waals surface area (Å²) in [6.45, 7) is 2.05. The topological polar surface area (TPSA) is 35.8 Å². The van der Waals surface area contributed by atoms with Crippen LogP contribution in [0.3, 0.4) is 0 Å². The molecule has 0 bridgehead atoms. The van der Waals surface area contributed by atoms with Crippen LogP contribution in [0.5, 0.6) is 0 Å². The fraction of sp³-hybridized carbons (Fsp3) is 0.188. The smallest absolute Gasteiger partial charge is 0.123 e. The quantitative estimate of drug-likeness (QED) is 0.852. The van der Waals surface area contributed by atoms with E-state index in [1.165, 1.54) is 12.1 Å². The van der Waals surface area contributed by atoms with Gasteiger partial charge in [0.2, 0.25) is 0 Å². The lowest BCUT2D eigenvalue weighted by Crippen LogP contribution is -2.10. The minimum atomic E-state index is -0.245. The fourth-order valence-electron chi connectivity index (χ4n) is 2.04. The number of hydrogen-bond acceptors (Lipinski definition) is 2. The van der Waals surface area contributed by atoms with Crippen LogP contribution < -0.4 is 5.32 Å². The van der Waals surface area contributed by atoms with Gasteiger partial charge in [-0.25, -0.2) is 4.39 Å². The molecule has 0 fully saturated rings. The molecule has 0 aliphatic heterocycles. The molecule has 2 nitrogen and oxygen atoms in total. The molecule has 2 rings (SSSR count). The zero-order chi connectivity index (χ0) is 14.5. The van der Waals surface area contributed by atoms with Crippen LogP contribution in [0, 0.1) is 17.1 Å². The molecule has 1 N–H and O–H groups in total. The SMILES string of the molecule is CCC(Nc1ccc(Br)cc1C#N)c1ccc(F)cc1. The molecule has 1 unspecified atom stereocenters. The minimum Gasteiger partial charge on any atom is -0.377 e. The highest BCUT2D eigenvalue weighted by atomic mass is 79.9. The van der Waals surface area contributed by atoms with Crippen LogP contribution in [-0.2, 0) is 0 Å². The summed E-state index contributed by atoms with van der Waals surface area (Å²) in [7, 11) is 0. The summed E-state index contributed by atoms with van der Waals surface area (Å²) in [5.41, 5.74) is 2.37. The van der Waals surface area contributed by atoms with Crippen LogP contribution in [0.2, 0.25) is 0 Å². The first kappa shape index (κ1) is 14.5. The van der Waals surface area contributed by atoms with Gasteiger partial charge < -0.3 is 5.32 Å². The summed E-state index contributed by atoms with van der Waals surface area (Å²) in [6.07, 6.45) is 0.840. The van der Waals surface area contributed by atoms with E-state index >= 15 is 0 Å². The normalized spacial score (nSPS) is 11.7. The van der Waals surface area contributed by atoms with Gasteiger partial charge in [-0.3, -0.25) is 0 Å². The van der Waals surface area contributed by atoms with Gasteiger partial charge in [0.05, 0.1) is 17.3 Å². The Labute approximate surface area is 126 Å². The van der Waals surface area contributed by atoms with Gasteiger partial charge >= 0.3 is 0 Å². The van der Waals surface area contributed by atoms with E-state index in [9.17, 15) is 9.65 Å². The maximum atomic E-state index is 13.0. The molecule has 4 heteroatoms. The van der Waals surface area contributed by atoms with Gasteiger partial charge in [-0.15, -0.1) is 0 Å². The van der Waals surface area contributed by atoms with E-state index in [1.54, 1.807) is 18.2 Å². The van der Waals surface area contributed by atoms with E-state index in [2.05, 4.69) is 27.3 Å². The predicted molar refractivity (Wildman–Crippen MR) is 81.9 cm³/mol. The Balaban J connectivity index is 2.27. The largest absolute Gasteiger partial charge is 0.377 e. The molecule has 1 atom stereocenters. The lowest BCUT2D eigenvalue weighted by atomic mass is 10.0. The van der Waals surface area contributed by atoms with E-state index in [1.807, 2.05) is 19.1 Å². The molecule has 0 aromatic heterocycles. The van der Waals surface area contributed by atoms with Gasteiger partial charge in [0.1, 0.15) is 11.9 Å². The van der Waals surface area contributed by atoms with Crippen molar-refractivity contribution < 1.29 is 4.39 Å². The van der Waals surface area contributed by atoms with Crippen molar-refractivity contribution in [2.75, 3.05) is 5.32 Å². The monoisotopic (exact) mass is 332 g/mol. The Morgan fingerprint density at radius 2 is 1.95 bits per heavy atom. The second-order valence-corrected chi connectivity index (χ2v) is 5.37. The second kappa shape index (κ2) is 6.53. The molecule has 0 spiro atoms. The average molecular weight is 333 g/mol. The number of nitrogens with zero attached hydrogens (tertiary/aromatic N) is 1. The molecule has 0 heterocycles. The third-order valence-electron chi connectivity index (χ3n) is 3.11. The van der Waals surface area contributed by atoms with Crippen LogP contribution in [0.25, 0.3) is 0 Å². The number of nitrogens with one attached hydrogen (secondary N) is 1. The van der Waals surface area contributed by atoms with Gasteiger partial charge in [0.15, 0.2) is 0 Å². The van der Waals surface area contributed by atoms with Gasteiger partial charge in [0, 0.05) is 4.47 Å². The summed E-state index contributed by atoms with van der Waals surface area (Å²) < 4.78 is 13.8. The standard InChI is InChI=1S/C16H14BrFN2/c1-2-15(11-3-6-14(18)7-4-11)20-16-8-5-13(17)9-12(16)10-19/h3-9,15,20H,2H2,1H3. The van der Waals surface area contributed by atoms with E-state index in [4.69, 9.17) is 0 Å². The first-order valence-electron chi connectivity index (χ1n) is 6.35. The second-order valence-electron chi connectivity index (χ2n) is 4.46. The summed E-state index contributed by atoms with van der Waals surface area (Å²) in [4.78, 5) is 0. The molecule has 2 aromatic rings. The molecule has 0 radical (unpaired) electrons. The van der Waals surface area contributed by atoms with Gasteiger partial charge in [-0.1, -0.05) is 35.0 Å². The first-order valence-corrected chi connectivity index (χ1v) is 7.15. The van der Waals surface area contributed by atoms with E-state index in [-0.39, 0.29) is 11.9 Å². The highest BCUT2D eigenvalue weighted by molar-refractivity contribution is 9.10. The molecule has 0 saturated heterocycles. The van der Waals surface area contributed by atoms with Crippen molar-refractivity contribution in [2.24, 2.45) is 0 Å². The first-order chi connectivity index (χ1) is 9.63. The van der Waals surface area contributed by atoms with Crippen LogP contribution in [0.15, 0.2) is 46.9 Å². The average Bonchev–Trinajstić information content (AvgIpc) is 2.47. The van der Waals surface area contributed by atoms with Crippen LogP contribution >= 0.6 is 15.9 Å². The summed E-state index contributed by atoms with van der Waals surface area (Å²) in [5.74, 6) is -0.245. The molecule has 0 amide bonds. The number of halogens is 2. The molecule has 0 aliphatic carbocycles. The van der Waals surface area contributed by atoms with Crippen molar-refractivity contribution in [2.45, 2.75) is 19.4 Å². The van der Waals surface area contributed by atoms with Crippen molar-refractivity contribution in [3.8, 4) is 6.07 Å². The lowest BCUT2D eigenvalue weighted by Gasteiger charge is -2.19. The van der Waals surface area contributed by atoms with E-state index in [0.29, 0.717) is 5.56 Å². The molecule has 102 valence electrons. The summed E-state index contributed by atoms with van der Waals surface area (Å²) in [6, 6.07) is 14.2. The van der Waals surface area contributed by atoms with Crippen molar-refractivity contribution >= 4 is 21.6 Å². The molecule has 0 saturated carbocycles. The number of nitriles is 1. The minimum absolute atomic E-state index is 0.0453. The lowest BCUT2D eigenvalue weighted by molar-refractivity contribution is 0.625. The Bertz CT molecular complexity index is 632. The van der Waals surface area contributed by atoms with Crippen molar-refractivity contribution in [3.63, 3.8) is 0 Å². The van der Waals surface area contributed by atoms with Crippen LogP contribution in [-0.4, -0.2) is 0 Å². The molecule has 0 aliphatic rings. The van der Waals surface area contributed by atoms with E-state index < -0.39 is 0 Å². The number of benzene rings is 2. The molecule has 20 heavy (non-hydrogen) atoms. The predicted octanol–water partition coefficient (Wildman–Crippen LogP) is 5.02. The number of hydrogen-bond donors (Lipinski definition) is 1. The van der Waals surface area contributed by atoms with Crippen molar-refractivity contribution in [1.82, 2.24) is 0 Å². The molecular formula is C16H14BrFN2. The van der Waals surface area contributed by atoms with E-state index in [0.717, 1.165) is 22.1 Å². The van der Waals surface area contributed by atoms with Crippen LogP contribution in [0.1, 0.15) is 30.5 Å². The zero-order valence-corrected chi connectivity index (χ0v) is 12.6. The van der Waals surface area contributed by atoms with Gasteiger partial charge in [0.25, 0.3) is 0 Å². The number of anilines is 1. The van der Waals surface area contributed by atoms with Crippen molar-refractivity contribution in [1.29, 1.82) is 5.26 Å². The highest BCUT2D eigenvalue weighted by Crippen LogP contribution is 2.27. The van der Waals surface area contributed by atoms with Crippen LogP contribution in [0.4, 0.5) is 10.1 Å². The maximum absolute atomic E-state index is 13.0. The Kier molecular flexibility index (Phi) is 4.75. The highest BCUT2D eigenvalue weighted by Gasteiger charge is 2.11. The fourth-order valence-corrected chi connectivity index (χ4v) is 2.40. The third kappa shape index (κ3) is 3.37. The Morgan fingerprint density at radius 1 is 1.25 bits per heavy atom. The maximum Gasteiger partial charge on any atom is 0.123 e. The zero-order valence-electron chi connectivity index (χ0n) is 11.0. The third-order valence-corrected chi connectivity index (χ3v) is 3.61. The molecular weight excluding hydrogens is 319 g/mol. The Hall–Kier alpha value is -1.86. The van der Waals surface area contributed by atoms with Crippen molar-refractivity contribution in [3.05, 3.63) is 63.9 Å². The summed E-state index contributed by atoms with van der Waals surface area (Å²) in [5, 5.41) is 12.5. The molecule has 2 aromatic carbocycles. The number of rotatable bonds is 4. The van der Waals surface area contributed by atoms with Gasteiger partial charge in [-0.2, -0.15) is 5.26 Å². The van der Waals surface area contributed by atoms with Gasteiger partial charge in [-0.05, 0) is 42.3 Å².